The molecule has 0 spiro atoms. The second kappa shape index (κ2) is 4.70. The van der Waals surface area contributed by atoms with Crippen LogP contribution in [0.2, 0.25) is 0 Å². The van der Waals surface area contributed by atoms with Gasteiger partial charge in [-0.1, -0.05) is 6.07 Å². The van der Waals surface area contributed by atoms with E-state index in [0.29, 0.717) is 5.69 Å². The van der Waals surface area contributed by atoms with E-state index in [4.69, 9.17) is 11.0 Å². The van der Waals surface area contributed by atoms with Crippen molar-refractivity contribution in [3.8, 4) is 6.07 Å². The zero-order valence-corrected chi connectivity index (χ0v) is 7.51. The molecular weight excluding hydrogens is 174 g/mol. The van der Waals surface area contributed by atoms with Crippen molar-refractivity contribution in [3.05, 3.63) is 29.6 Å². The van der Waals surface area contributed by atoms with Crippen LogP contribution in [0.25, 0.3) is 0 Å². The van der Waals surface area contributed by atoms with Gasteiger partial charge in [0.2, 0.25) is 0 Å². The molecule has 1 heterocycles. The van der Waals surface area contributed by atoms with Crippen molar-refractivity contribution in [3.63, 3.8) is 0 Å². The van der Waals surface area contributed by atoms with E-state index in [-0.39, 0.29) is 18.4 Å². The first-order chi connectivity index (χ1) is 5.24. The Kier molecular flexibility index (Phi) is 4.27. The zero-order valence-electron chi connectivity index (χ0n) is 6.69. The molecule has 0 aromatic carbocycles. The van der Waals surface area contributed by atoms with Crippen LogP contribution in [0.15, 0.2) is 18.2 Å². The zero-order chi connectivity index (χ0) is 8.27. The van der Waals surface area contributed by atoms with Crippen molar-refractivity contribution in [2.45, 2.75) is 13.0 Å². The highest BCUT2D eigenvalue weighted by Crippen LogP contribution is 2.05. The molecule has 0 aliphatic carbocycles. The summed E-state index contributed by atoms with van der Waals surface area (Å²) < 4.78 is 0. The maximum atomic E-state index is 8.49. The van der Waals surface area contributed by atoms with Crippen LogP contribution >= 0.6 is 12.4 Å². The van der Waals surface area contributed by atoms with Gasteiger partial charge >= 0.3 is 0 Å². The molecule has 1 aromatic rings. The molecule has 4 heteroatoms. The molecule has 0 saturated carbocycles. The Labute approximate surface area is 77.6 Å². The number of rotatable bonds is 1. The normalized spacial score (nSPS) is 11.1. The molecule has 0 radical (unpaired) electrons. The summed E-state index contributed by atoms with van der Waals surface area (Å²) in [4.78, 5) is 4.00. The molecule has 1 aromatic heterocycles. The van der Waals surface area contributed by atoms with Gasteiger partial charge in [-0.3, -0.25) is 0 Å². The van der Waals surface area contributed by atoms with E-state index in [1.165, 1.54) is 0 Å². The highest BCUT2D eigenvalue weighted by atomic mass is 35.5. The van der Waals surface area contributed by atoms with Crippen molar-refractivity contribution in [2.24, 2.45) is 5.73 Å². The molecular formula is C8H10ClN3. The minimum Gasteiger partial charge on any atom is -0.323 e. The van der Waals surface area contributed by atoms with Gasteiger partial charge in [-0.25, -0.2) is 4.98 Å². The van der Waals surface area contributed by atoms with Crippen LogP contribution in [-0.2, 0) is 0 Å². The maximum Gasteiger partial charge on any atom is 0.140 e. The summed E-state index contributed by atoms with van der Waals surface area (Å²) in [6.07, 6.45) is 0. The molecule has 0 aliphatic heterocycles. The average Bonchev–Trinajstić information content (AvgIpc) is 2.05. The van der Waals surface area contributed by atoms with Gasteiger partial charge in [0.25, 0.3) is 0 Å². The second-order valence-corrected chi connectivity index (χ2v) is 2.35. The molecule has 2 N–H and O–H groups in total. The van der Waals surface area contributed by atoms with Gasteiger partial charge in [0, 0.05) is 6.04 Å². The predicted molar refractivity (Wildman–Crippen MR) is 48.8 cm³/mol. The molecule has 1 rings (SSSR count). The van der Waals surface area contributed by atoms with Crippen molar-refractivity contribution in [1.29, 1.82) is 5.26 Å². The minimum absolute atomic E-state index is 0. The van der Waals surface area contributed by atoms with E-state index < -0.39 is 0 Å². The van der Waals surface area contributed by atoms with Gasteiger partial charge in [0.05, 0.1) is 5.69 Å². The fraction of sp³-hybridized carbons (Fsp3) is 0.250. The van der Waals surface area contributed by atoms with Gasteiger partial charge < -0.3 is 5.73 Å². The molecule has 0 aliphatic rings. The number of aromatic nitrogens is 1. The third kappa shape index (κ3) is 2.50. The fourth-order valence-electron chi connectivity index (χ4n) is 0.767. The Hall–Kier alpha value is -1.11. The van der Waals surface area contributed by atoms with E-state index in [2.05, 4.69) is 4.98 Å². The highest BCUT2D eigenvalue weighted by Gasteiger charge is 2.00. The maximum absolute atomic E-state index is 8.49. The molecule has 0 unspecified atom stereocenters. The van der Waals surface area contributed by atoms with Crippen LogP contribution in [0.5, 0.6) is 0 Å². The quantitative estimate of drug-likeness (QED) is 0.716. The average molecular weight is 184 g/mol. The first-order valence-corrected chi connectivity index (χ1v) is 3.36. The van der Waals surface area contributed by atoms with Crippen LogP contribution in [0, 0.1) is 11.3 Å². The fourth-order valence-corrected chi connectivity index (χ4v) is 0.767. The van der Waals surface area contributed by atoms with Crippen LogP contribution < -0.4 is 5.73 Å². The van der Waals surface area contributed by atoms with E-state index in [9.17, 15) is 0 Å². The summed E-state index contributed by atoms with van der Waals surface area (Å²) in [7, 11) is 0. The van der Waals surface area contributed by atoms with Gasteiger partial charge in [-0.15, -0.1) is 12.4 Å². The standard InChI is InChI=1S/C8H9N3.ClH/c1-6(10)8-4-2-3-7(5-9)11-8;/h2-4,6H,10H2,1H3;1H/t6-;/m1./s1. The Morgan fingerprint density at radius 1 is 1.58 bits per heavy atom. The van der Waals surface area contributed by atoms with Crippen LogP contribution in [0.1, 0.15) is 24.4 Å². The molecule has 3 nitrogen and oxygen atoms in total. The molecule has 0 amide bonds. The predicted octanol–water partition coefficient (Wildman–Crippen LogP) is 1.39. The van der Waals surface area contributed by atoms with Crippen molar-refractivity contribution < 1.29 is 0 Å². The van der Waals surface area contributed by atoms with E-state index in [1.54, 1.807) is 12.1 Å². The lowest BCUT2D eigenvalue weighted by Gasteiger charge is -2.02. The molecule has 1 atom stereocenters. The second-order valence-electron chi connectivity index (χ2n) is 2.35. The van der Waals surface area contributed by atoms with Crippen LogP contribution in [-0.4, -0.2) is 4.98 Å². The number of nitrogens with zero attached hydrogens (tertiary/aromatic N) is 2. The number of hydrogen-bond donors (Lipinski definition) is 1. The third-order valence-electron chi connectivity index (χ3n) is 1.35. The molecule has 0 saturated heterocycles. The Bertz CT molecular complexity index is 291. The van der Waals surface area contributed by atoms with Crippen molar-refractivity contribution in [1.82, 2.24) is 4.98 Å². The van der Waals surface area contributed by atoms with Gasteiger partial charge in [-0.2, -0.15) is 5.26 Å². The number of halogens is 1. The first kappa shape index (κ1) is 10.9. The van der Waals surface area contributed by atoms with Gasteiger partial charge in [0.15, 0.2) is 0 Å². The Morgan fingerprint density at radius 2 is 2.25 bits per heavy atom. The topological polar surface area (TPSA) is 62.7 Å². The SMILES string of the molecule is C[C@@H](N)c1cccc(C#N)n1.Cl. The Balaban J connectivity index is 0.00000121. The summed E-state index contributed by atoms with van der Waals surface area (Å²) in [5.41, 5.74) is 6.74. The number of pyridine rings is 1. The van der Waals surface area contributed by atoms with E-state index in [0.717, 1.165) is 5.69 Å². The lowest BCUT2D eigenvalue weighted by molar-refractivity contribution is 0.779. The summed E-state index contributed by atoms with van der Waals surface area (Å²) in [6, 6.07) is 7.10. The lowest BCUT2D eigenvalue weighted by atomic mass is 10.2. The number of hydrogen-bond acceptors (Lipinski definition) is 3. The summed E-state index contributed by atoms with van der Waals surface area (Å²) in [5, 5.41) is 8.49. The molecule has 0 bridgehead atoms. The van der Waals surface area contributed by atoms with Crippen LogP contribution in [0.4, 0.5) is 0 Å². The molecule has 12 heavy (non-hydrogen) atoms. The molecule has 0 fully saturated rings. The van der Waals surface area contributed by atoms with Gasteiger partial charge in [0.1, 0.15) is 11.8 Å². The largest absolute Gasteiger partial charge is 0.323 e. The highest BCUT2D eigenvalue weighted by molar-refractivity contribution is 5.85. The first-order valence-electron chi connectivity index (χ1n) is 3.36. The summed E-state index contributed by atoms with van der Waals surface area (Å²) in [5.74, 6) is 0. The smallest absolute Gasteiger partial charge is 0.140 e. The third-order valence-corrected chi connectivity index (χ3v) is 1.35. The van der Waals surface area contributed by atoms with E-state index in [1.807, 2.05) is 19.1 Å². The van der Waals surface area contributed by atoms with Crippen molar-refractivity contribution >= 4 is 12.4 Å². The molecule has 64 valence electrons. The van der Waals surface area contributed by atoms with E-state index >= 15 is 0 Å². The minimum atomic E-state index is -0.108. The Morgan fingerprint density at radius 3 is 2.75 bits per heavy atom. The van der Waals surface area contributed by atoms with Crippen LogP contribution in [0.3, 0.4) is 0 Å². The number of nitriles is 1. The van der Waals surface area contributed by atoms with Crippen molar-refractivity contribution in [2.75, 3.05) is 0 Å². The monoisotopic (exact) mass is 183 g/mol. The lowest BCUT2D eigenvalue weighted by Crippen LogP contribution is -2.07. The summed E-state index contributed by atoms with van der Waals surface area (Å²) >= 11 is 0. The number of nitrogens with two attached hydrogens (primary N) is 1. The summed E-state index contributed by atoms with van der Waals surface area (Å²) in [6.45, 7) is 1.84. The van der Waals surface area contributed by atoms with Gasteiger partial charge in [-0.05, 0) is 19.1 Å².